The maximum atomic E-state index is 12.6. The first kappa shape index (κ1) is 19.8. The molecule has 4 rings (SSSR count). The summed E-state index contributed by atoms with van der Waals surface area (Å²) in [5.41, 5.74) is 0.0841. The molecule has 2 aromatic heterocycles. The van der Waals surface area contributed by atoms with Crippen LogP contribution in [0.5, 0.6) is 11.5 Å². The van der Waals surface area contributed by atoms with Gasteiger partial charge in [-0.2, -0.15) is 0 Å². The number of amides is 2. The first-order valence-electron chi connectivity index (χ1n) is 9.29. The molecule has 152 valence electrons. The molecule has 9 heteroatoms. The van der Waals surface area contributed by atoms with Crippen LogP contribution in [0.2, 0.25) is 5.02 Å². The molecule has 1 aliphatic carbocycles. The van der Waals surface area contributed by atoms with Gasteiger partial charge in [-0.3, -0.25) is 14.6 Å². The van der Waals surface area contributed by atoms with Crippen LogP contribution in [0.1, 0.15) is 28.9 Å². The molecule has 0 unspecified atom stereocenters. The number of carbonyl (C=O) groups is 2. The van der Waals surface area contributed by atoms with Crippen molar-refractivity contribution in [1.29, 1.82) is 0 Å². The summed E-state index contributed by atoms with van der Waals surface area (Å²) in [4.78, 5) is 36.8. The number of para-hydroxylation sites is 1. The molecule has 1 aromatic carbocycles. The zero-order chi connectivity index (χ0) is 21.0. The van der Waals surface area contributed by atoms with Crippen LogP contribution in [0.4, 0.5) is 0 Å². The molecule has 3 aromatic rings. The number of nitrogens with zero attached hydrogens (tertiary/aromatic N) is 3. The summed E-state index contributed by atoms with van der Waals surface area (Å²) in [6.07, 6.45) is 6.88. The van der Waals surface area contributed by atoms with Gasteiger partial charge >= 0.3 is 0 Å². The molecule has 1 fully saturated rings. The number of ether oxygens (including phenoxy) is 1. The summed E-state index contributed by atoms with van der Waals surface area (Å²) in [7, 11) is 0. The highest BCUT2D eigenvalue weighted by atomic mass is 35.5. The molecule has 2 N–H and O–H groups in total. The van der Waals surface area contributed by atoms with Crippen LogP contribution < -0.4 is 15.4 Å². The second-order valence-corrected chi connectivity index (χ2v) is 7.27. The van der Waals surface area contributed by atoms with Crippen LogP contribution >= 0.6 is 11.6 Å². The van der Waals surface area contributed by atoms with E-state index in [-0.39, 0.29) is 18.4 Å². The van der Waals surface area contributed by atoms with E-state index in [2.05, 4.69) is 25.6 Å². The van der Waals surface area contributed by atoms with E-state index < -0.39 is 5.54 Å². The second kappa shape index (κ2) is 8.46. The standard InChI is InChI=1S/C21H18ClN5O3/c22-17-3-1-2-4-18(17)30-16-6-5-15(25-12-16)11-26-20(29)21(7-8-21)27-19(28)14-9-23-13-24-10-14/h1-6,9-10,12-13H,7-8,11H2,(H,26,29)(H,27,28). The van der Waals surface area contributed by atoms with Crippen molar-refractivity contribution < 1.29 is 14.3 Å². The van der Waals surface area contributed by atoms with Gasteiger partial charge in [0, 0.05) is 12.4 Å². The predicted octanol–water partition coefficient (Wildman–Crippen LogP) is 2.90. The number of halogens is 1. The molecule has 1 saturated carbocycles. The van der Waals surface area contributed by atoms with E-state index >= 15 is 0 Å². The van der Waals surface area contributed by atoms with Crippen LogP contribution in [0.3, 0.4) is 0 Å². The molecule has 8 nitrogen and oxygen atoms in total. The average Bonchev–Trinajstić information content (AvgIpc) is 3.56. The lowest BCUT2D eigenvalue weighted by Crippen LogP contribution is -2.48. The molecule has 0 atom stereocenters. The Hall–Kier alpha value is -3.52. The Labute approximate surface area is 177 Å². The SMILES string of the molecule is O=C(NC1(C(=O)NCc2ccc(Oc3ccccc3Cl)cn2)CC1)c1cncnc1. The molecule has 0 bridgehead atoms. The van der Waals surface area contributed by atoms with Crippen LogP contribution in [0.25, 0.3) is 0 Å². The number of hydrogen-bond acceptors (Lipinski definition) is 6. The maximum absolute atomic E-state index is 12.6. The normalized spacial score (nSPS) is 13.9. The van der Waals surface area contributed by atoms with Crippen molar-refractivity contribution in [2.45, 2.75) is 24.9 Å². The zero-order valence-corrected chi connectivity index (χ0v) is 16.6. The minimum atomic E-state index is -0.889. The van der Waals surface area contributed by atoms with E-state index in [1.54, 1.807) is 30.5 Å². The third-order valence-corrected chi connectivity index (χ3v) is 4.96. The quantitative estimate of drug-likeness (QED) is 0.605. The molecule has 1 aliphatic rings. The van der Waals surface area contributed by atoms with Gasteiger partial charge in [-0.15, -0.1) is 0 Å². The highest BCUT2D eigenvalue weighted by molar-refractivity contribution is 6.32. The number of pyridine rings is 1. The third-order valence-electron chi connectivity index (χ3n) is 4.65. The van der Waals surface area contributed by atoms with Crippen molar-refractivity contribution in [3.63, 3.8) is 0 Å². The van der Waals surface area contributed by atoms with Crippen molar-refractivity contribution in [2.75, 3.05) is 0 Å². The Kier molecular flexibility index (Phi) is 5.58. The molecule has 0 spiro atoms. The van der Waals surface area contributed by atoms with E-state index in [1.807, 2.05) is 12.1 Å². The molecule has 30 heavy (non-hydrogen) atoms. The van der Waals surface area contributed by atoms with Crippen LogP contribution in [-0.2, 0) is 11.3 Å². The van der Waals surface area contributed by atoms with Crippen molar-refractivity contribution >= 4 is 23.4 Å². The lowest BCUT2D eigenvalue weighted by atomic mass is 10.2. The van der Waals surface area contributed by atoms with Crippen LogP contribution in [0, 0.1) is 0 Å². The van der Waals surface area contributed by atoms with Gasteiger partial charge in [0.2, 0.25) is 5.91 Å². The summed E-state index contributed by atoms with van der Waals surface area (Å²) < 4.78 is 5.70. The van der Waals surface area contributed by atoms with Crippen molar-refractivity contribution in [2.24, 2.45) is 0 Å². The Morgan fingerprint density at radius 1 is 1.07 bits per heavy atom. The first-order valence-corrected chi connectivity index (χ1v) is 9.67. The Morgan fingerprint density at radius 2 is 1.83 bits per heavy atom. The van der Waals surface area contributed by atoms with Crippen molar-refractivity contribution in [1.82, 2.24) is 25.6 Å². The molecular formula is C21H18ClN5O3. The van der Waals surface area contributed by atoms with E-state index in [0.717, 1.165) is 0 Å². The molecule has 0 saturated heterocycles. The molecular weight excluding hydrogens is 406 g/mol. The summed E-state index contributed by atoms with van der Waals surface area (Å²) in [5.74, 6) is 0.458. The maximum Gasteiger partial charge on any atom is 0.255 e. The minimum Gasteiger partial charge on any atom is -0.454 e. The molecule has 2 heterocycles. The van der Waals surface area contributed by atoms with E-state index in [9.17, 15) is 9.59 Å². The van der Waals surface area contributed by atoms with E-state index in [1.165, 1.54) is 18.7 Å². The van der Waals surface area contributed by atoms with Crippen molar-refractivity contribution in [3.05, 3.63) is 77.6 Å². The highest BCUT2D eigenvalue weighted by Crippen LogP contribution is 2.36. The number of rotatable bonds is 7. The molecule has 0 aliphatic heterocycles. The fourth-order valence-electron chi connectivity index (χ4n) is 2.81. The fraction of sp³-hybridized carbons (Fsp3) is 0.190. The predicted molar refractivity (Wildman–Crippen MR) is 109 cm³/mol. The lowest BCUT2D eigenvalue weighted by molar-refractivity contribution is -0.124. The van der Waals surface area contributed by atoms with Crippen LogP contribution in [0.15, 0.2) is 61.3 Å². The molecule has 2 amide bonds. The number of benzene rings is 1. The summed E-state index contributed by atoms with van der Waals surface area (Å²) in [6.45, 7) is 0.233. The number of nitrogens with one attached hydrogen (secondary N) is 2. The van der Waals surface area contributed by atoms with Gasteiger partial charge in [-0.1, -0.05) is 23.7 Å². The Balaban J connectivity index is 1.31. The zero-order valence-electron chi connectivity index (χ0n) is 15.8. The van der Waals surface area contributed by atoms with E-state index in [0.29, 0.717) is 40.6 Å². The van der Waals surface area contributed by atoms with Gasteiger partial charge in [0.05, 0.1) is 29.0 Å². The average molecular weight is 424 g/mol. The number of aromatic nitrogens is 3. The summed E-state index contributed by atoms with van der Waals surface area (Å²) in [6, 6.07) is 10.7. The topological polar surface area (TPSA) is 106 Å². The minimum absolute atomic E-state index is 0.233. The summed E-state index contributed by atoms with van der Waals surface area (Å²) in [5, 5.41) is 6.11. The van der Waals surface area contributed by atoms with Gasteiger partial charge in [0.15, 0.2) is 0 Å². The second-order valence-electron chi connectivity index (χ2n) is 6.86. The smallest absolute Gasteiger partial charge is 0.255 e. The highest BCUT2D eigenvalue weighted by Gasteiger charge is 2.51. The fourth-order valence-corrected chi connectivity index (χ4v) is 2.98. The largest absolute Gasteiger partial charge is 0.454 e. The van der Waals surface area contributed by atoms with Crippen LogP contribution in [-0.4, -0.2) is 32.3 Å². The third kappa shape index (κ3) is 4.55. The van der Waals surface area contributed by atoms with Gasteiger partial charge < -0.3 is 15.4 Å². The van der Waals surface area contributed by atoms with Gasteiger partial charge in [0.25, 0.3) is 5.91 Å². The first-order chi connectivity index (χ1) is 14.6. The van der Waals surface area contributed by atoms with Crippen molar-refractivity contribution in [3.8, 4) is 11.5 Å². The van der Waals surface area contributed by atoms with Gasteiger partial charge in [-0.25, -0.2) is 9.97 Å². The molecule has 0 radical (unpaired) electrons. The monoisotopic (exact) mass is 423 g/mol. The summed E-state index contributed by atoms with van der Waals surface area (Å²) >= 11 is 6.08. The lowest BCUT2D eigenvalue weighted by Gasteiger charge is -2.17. The number of hydrogen-bond donors (Lipinski definition) is 2. The van der Waals surface area contributed by atoms with Gasteiger partial charge in [-0.05, 0) is 37.1 Å². The van der Waals surface area contributed by atoms with E-state index in [4.69, 9.17) is 16.3 Å². The Morgan fingerprint density at radius 3 is 2.50 bits per heavy atom. The number of carbonyl (C=O) groups excluding carboxylic acids is 2. The Bertz CT molecular complexity index is 1060. The van der Waals surface area contributed by atoms with Gasteiger partial charge in [0.1, 0.15) is 23.4 Å².